The van der Waals surface area contributed by atoms with Gasteiger partial charge in [0.2, 0.25) is 17.7 Å². The summed E-state index contributed by atoms with van der Waals surface area (Å²) in [5.41, 5.74) is 0.494. The number of oxazole rings is 1. The number of hydrogen-bond donors (Lipinski definition) is 5. The summed E-state index contributed by atoms with van der Waals surface area (Å²) >= 11 is 1.38. The predicted molar refractivity (Wildman–Crippen MR) is 172 cm³/mol. The Hall–Kier alpha value is -2.80. The zero-order valence-corrected chi connectivity index (χ0v) is 28.9. The molecule has 5 atom stereocenters. The Kier molecular flexibility index (Phi) is 17.4. The summed E-state index contributed by atoms with van der Waals surface area (Å²) in [5.74, 6) is -0.0212. The SMILES string of the molecule is CC[C@H](C[C@H](O)[C@@H](CC(C)C)NC(=O)[C@H](CSC)NC(=O)OCc1nc(C)oc1C)C(=O)N[C@@H](C(=O)NCC(C)C)C(C)C. The van der Waals surface area contributed by atoms with Crippen molar-refractivity contribution in [3.63, 3.8) is 0 Å². The highest BCUT2D eigenvalue weighted by Crippen LogP contribution is 2.19. The fourth-order valence-corrected chi connectivity index (χ4v) is 5.18. The summed E-state index contributed by atoms with van der Waals surface area (Å²) < 4.78 is 10.6. The zero-order chi connectivity index (χ0) is 33.6. The van der Waals surface area contributed by atoms with Crippen molar-refractivity contribution >= 4 is 35.6 Å². The third kappa shape index (κ3) is 13.9. The molecule has 12 nitrogen and oxygen atoms in total. The number of aryl methyl sites for hydroxylation is 2. The molecule has 0 aromatic carbocycles. The highest BCUT2D eigenvalue weighted by Gasteiger charge is 2.32. The van der Waals surface area contributed by atoms with E-state index in [1.54, 1.807) is 13.8 Å². The van der Waals surface area contributed by atoms with Crippen molar-refractivity contribution in [1.82, 2.24) is 26.3 Å². The first-order chi connectivity index (χ1) is 20.6. The Bertz CT molecular complexity index is 1060. The summed E-state index contributed by atoms with van der Waals surface area (Å²) in [6, 6.07) is -2.28. The lowest BCUT2D eigenvalue weighted by Crippen LogP contribution is -2.55. The third-order valence-corrected chi connectivity index (χ3v) is 7.79. The van der Waals surface area contributed by atoms with Gasteiger partial charge in [0.05, 0.1) is 12.1 Å². The molecule has 0 fully saturated rings. The Balaban J connectivity index is 2.92. The number of aromatic nitrogens is 1. The van der Waals surface area contributed by atoms with Gasteiger partial charge in [0.25, 0.3) is 0 Å². The molecule has 13 heteroatoms. The van der Waals surface area contributed by atoms with Gasteiger partial charge in [-0.25, -0.2) is 9.78 Å². The van der Waals surface area contributed by atoms with E-state index in [0.29, 0.717) is 36.7 Å². The molecule has 1 aromatic heterocycles. The van der Waals surface area contributed by atoms with Crippen LogP contribution in [0.5, 0.6) is 0 Å². The molecule has 0 radical (unpaired) electrons. The van der Waals surface area contributed by atoms with E-state index in [4.69, 9.17) is 9.15 Å². The van der Waals surface area contributed by atoms with E-state index in [9.17, 15) is 24.3 Å². The number of ether oxygens (including phenoxy) is 1. The fourth-order valence-electron chi connectivity index (χ4n) is 4.61. The number of hydrogen-bond acceptors (Lipinski definition) is 9. The summed E-state index contributed by atoms with van der Waals surface area (Å²) in [4.78, 5) is 56.1. The van der Waals surface area contributed by atoms with E-state index in [2.05, 4.69) is 26.3 Å². The first-order valence-corrected chi connectivity index (χ1v) is 16.9. The molecule has 0 bridgehead atoms. The van der Waals surface area contributed by atoms with Gasteiger partial charge in [0.1, 0.15) is 30.1 Å². The highest BCUT2D eigenvalue weighted by atomic mass is 32.2. The Morgan fingerprint density at radius 2 is 1.59 bits per heavy atom. The number of carbonyl (C=O) groups excluding carboxylic acids is 4. The third-order valence-electron chi connectivity index (χ3n) is 7.12. The smallest absolute Gasteiger partial charge is 0.408 e. The number of aliphatic hydroxyl groups excluding tert-OH is 1. The zero-order valence-electron chi connectivity index (χ0n) is 28.1. The molecule has 4 amide bonds. The topological polar surface area (TPSA) is 172 Å². The van der Waals surface area contributed by atoms with Gasteiger partial charge in [0, 0.05) is 25.1 Å². The average Bonchev–Trinajstić information content (AvgIpc) is 3.26. The summed E-state index contributed by atoms with van der Waals surface area (Å²) in [5, 5.41) is 22.5. The number of thioether (sulfide) groups is 1. The normalized spacial score (nSPS) is 15.0. The van der Waals surface area contributed by atoms with Crippen molar-refractivity contribution in [2.75, 3.05) is 18.6 Å². The summed E-state index contributed by atoms with van der Waals surface area (Å²) in [7, 11) is 0. The molecule has 44 heavy (non-hydrogen) atoms. The first kappa shape index (κ1) is 39.2. The monoisotopic (exact) mass is 641 g/mol. The van der Waals surface area contributed by atoms with E-state index in [-0.39, 0.29) is 48.3 Å². The molecule has 0 spiro atoms. The first-order valence-electron chi connectivity index (χ1n) is 15.5. The number of nitrogens with one attached hydrogen (secondary N) is 4. The summed E-state index contributed by atoms with van der Waals surface area (Å²) in [6.07, 6.45) is 0.990. The highest BCUT2D eigenvalue weighted by molar-refractivity contribution is 7.98. The summed E-state index contributed by atoms with van der Waals surface area (Å²) in [6.45, 7) is 17.4. The lowest BCUT2D eigenvalue weighted by atomic mass is 9.89. The lowest BCUT2D eigenvalue weighted by molar-refractivity contribution is -0.133. The fraction of sp³-hybridized carbons (Fsp3) is 0.774. The van der Waals surface area contributed by atoms with Gasteiger partial charge >= 0.3 is 6.09 Å². The second-order valence-electron chi connectivity index (χ2n) is 12.5. The predicted octanol–water partition coefficient (Wildman–Crippen LogP) is 3.47. The second-order valence-corrected chi connectivity index (χ2v) is 13.4. The van der Waals surface area contributed by atoms with Crippen molar-refractivity contribution in [2.45, 2.75) is 112 Å². The molecule has 1 aromatic rings. The molecule has 0 saturated carbocycles. The van der Waals surface area contributed by atoms with Crippen LogP contribution in [0.3, 0.4) is 0 Å². The van der Waals surface area contributed by atoms with E-state index in [0.717, 1.165) is 0 Å². The molecule has 252 valence electrons. The number of amides is 4. The minimum Gasteiger partial charge on any atom is -0.446 e. The second kappa shape index (κ2) is 19.6. The van der Waals surface area contributed by atoms with Gasteiger partial charge < -0.3 is 35.5 Å². The van der Waals surface area contributed by atoms with Crippen LogP contribution in [0.1, 0.15) is 85.1 Å². The molecule has 0 aliphatic heterocycles. The van der Waals surface area contributed by atoms with E-state index in [1.807, 2.05) is 54.7 Å². The molecule has 5 N–H and O–H groups in total. The number of nitrogens with zero attached hydrogens (tertiary/aromatic N) is 1. The Morgan fingerprint density at radius 3 is 2.09 bits per heavy atom. The Morgan fingerprint density at radius 1 is 0.932 bits per heavy atom. The van der Waals surface area contributed by atoms with Crippen LogP contribution in [0.2, 0.25) is 0 Å². The van der Waals surface area contributed by atoms with Crippen molar-refractivity contribution in [3.05, 3.63) is 17.3 Å². The number of carbonyl (C=O) groups is 4. The number of alkyl carbamates (subject to hydrolysis) is 1. The largest absolute Gasteiger partial charge is 0.446 e. The number of rotatable bonds is 19. The molecular formula is C31H55N5O7S. The van der Waals surface area contributed by atoms with Gasteiger partial charge in [-0.15, -0.1) is 0 Å². The molecule has 1 heterocycles. The number of aliphatic hydroxyl groups is 1. The quantitative estimate of drug-likeness (QED) is 0.152. The molecule has 0 aliphatic rings. The van der Waals surface area contributed by atoms with Crippen LogP contribution < -0.4 is 21.3 Å². The average molecular weight is 642 g/mol. The van der Waals surface area contributed by atoms with Crippen LogP contribution in [0, 0.1) is 37.5 Å². The maximum atomic E-state index is 13.3. The minimum atomic E-state index is -1.04. The maximum absolute atomic E-state index is 13.3. The maximum Gasteiger partial charge on any atom is 0.408 e. The van der Waals surface area contributed by atoms with Gasteiger partial charge in [-0.2, -0.15) is 11.8 Å². The van der Waals surface area contributed by atoms with Crippen molar-refractivity contribution in [3.8, 4) is 0 Å². The van der Waals surface area contributed by atoms with Gasteiger partial charge in [-0.3, -0.25) is 14.4 Å². The lowest BCUT2D eigenvalue weighted by Gasteiger charge is -2.30. The molecule has 0 aliphatic carbocycles. The molecule has 1 rings (SSSR count). The van der Waals surface area contributed by atoms with Gasteiger partial charge in [-0.05, 0) is 50.2 Å². The van der Waals surface area contributed by atoms with Crippen LogP contribution in [0.4, 0.5) is 4.79 Å². The standard InChI is InChI=1S/C31H55N5O7S/c1-11-22(28(38)36-27(19(6)7)30(40)32-14-18(4)5)13-26(37)23(12-17(2)3)34-29(39)25(16-44-10)35-31(41)42-15-24-20(8)43-21(9)33-24/h17-19,22-23,25-27,37H,11-16H2,1-10H3,(H,32,40)(H,34,39)(H,35,41)(H,36,38)/t22-,23-,25+,26+,27-/m1/s1. The molecule has 0 unspecified atom stereocenters. The van der Waals surface area contributed by atoms with Crippen molar-refractivity contribution in [2.24, 2.45) is 23.7 Å². The Labute approximate surface area is 267 Å². The minimum absolute atomic E-state index is 0.0948. The van der Waals surface area contributed by atoms with Gasteiger partial charge in [-0.1, -0.05) is 48.5 Å². The van der Waals surface area contributed by atoms with E-state index in [1.165, 1.54) is 11.8 Å². The van der Waals surface area contributed by atoms with E-state index < -0.39 is 42.1 Å². The van der Waals surface area contributed by atoms with Crippen LogP contribution >= 0.6 is 11.8 Å². The van der Waals surface area contributed by atoms with Crippen molar-refractivity contribution < 1.29 is 33.4 Å². The van der Waals surface area contributed by atoms with E-state index >= 15 is 0 Å². The molecule has 0 saturated heterocycles. The van der Waals surface area contributed by atoms with Crippen LogP contribution in [0.15, 0.2) is 4.42 Å². The molecular weight excluding hydrogens is 586 g/mol. The van der Waals surface area contributed by atoms with Gasteiger partial charge in [0.15, 0.2) is 5.89 Å². The van der Waals surface area contributed by atoms with Crippen LogP contribution in [-0.4, -0.2) is 76.7 Å². The van der Waals surface area contributed by atoms with Crippen LogP contribution in [0.25, 0.3) is 0 Å². The van der Waals surface area contributed by atoms with Crippen LogP contribution in [-0.2, 0) is 25.7 Å². The van der Waals surface area contributed by atoms with Crippen molar-refractivity contribution in [1.29, 1.82) is 0 Å².